The maximum absolute atomic E-state index is 13.9. The van der Waals surface area contributed by atoms with E-state index < -0.39 is 30.1 Å². The van der Waals surface area contributed by atoms with Crippen LogP contribution < -0.4 is 21.7 Å². The topological polar surface area (TPSA) is 217 Å². The summed E-state index contributed by atoms with van der Waals surface area (Å²) in [5.74, 6) is -4.04. The van der Waals surface area contributed by atoms with Crippen LogP contribution in [0.3, 0.4) is 0 Å². The lowest BCUT2D eigenvalue weighted by atomic mass is 9.90. The molecule has 1 aromatic heterocycles. The number of aromatic nitrogens is 3. The number of alkyl halides is 3. The summed E-state index contributed by atoms with van der Waals surface area (Å²) in [6.07, 6.45) is -2.70. The highest BCUT2D eigenvalue weighted by atomic mass is 19.4. The Morgan fingerprint density at radius 3 is 1.97 bits per heavy atom. The number of aliphatic imine (C=N–C) groups is 1. The fourth-order valence-corrected chi connectivity index (χ4v) is 5.37. The number of hydrogen-bond acceptors (Lipinski definition) is 8. The third kappa shape index (κ3) is 13.8. The van der Waals surface area contributed by atoms with Gasteiger partial charge in [-0.05, 0) is 53.8 Å². The van der Waals surface area contributed by atoms with Gasteiger partial charge in [0.2, 0.25) is 11.8 Å². The average Bonchev–Trinajstić information content (AvgIpc) is 3.68. The molecule has 0 saturated heterocycles. The molecule has 0 saturated carbocycles. The van der Waals surface area contributed by atoms with E-state index in [1.807, 2.05) is 91.0 Å². The number of nitrogens with two attached hydrogens (primary N) is 1. The molecule has 0 aliphatic carbocycles. The second-order valence-electron chi connectivity index (χ2n) is 12.7. The molecule has 7 N–H and O–H groups in total. The number of halogens is 3. The number of carboxylic acids is 1. The van der Waals surface area contributed by atoms with Crippen LogP contribution in [0, 0.1) is 0 Å². The van der Waals surface area contributed by atoms with Crippen molar-refractivity contribution in [2.75, 3.05) is 13.6 Å². The van der Waals surface area contributed by atoms with Gasteiger partial charge in [-0.15, -0.1) is 5.10 Å². The Bertz CT molecular complexity index is 2080. The summed E-state index contributed by atoms with van der Waals surface area (Å²) in [7, 11) is 1.60. The Kier molecular flexibility index (Phi) is 15.9. The number of nitrogens with one attached hydrogen (secondary N) is 3. The van der Waals surface area contributed by atoms with Crippen LogP contribution in [-0.4, -0.2) is 85.7 Å². The molecule has 5 rings (SSSR count). The molecule has 1 atom stereocenters. The molecule has 18 heteroatoms. The predicted octanol–water partition coefficient (Wildman–Crippen LogP) is 4.48. The summed E-state index contributed by atoms with van der Waals surface area (Å²) in [5, 5.41) is 33.4. The normalized spacial score (nSPS) is 11.8. The summed E-state index contributed by atoms with van der Waals surface area (Å²) in [6, 6.07) is 33.4. The van der Waals surface area contributed by atoms with Gasteiger partial charge in [-0.3, -0.25) is 19.9 Å². The van der Waals surface area contributed by atoms with E-state index in [2.05, 4.69) is 31.3 Å². The van der Waals surface area contributed by atoms with Crippen LogP contribution in [0.4, 0.5) is 18.0 Å². The van der Waals surface area contributed by atoms with Crippen molar-refractivity contribution in [3.8, 4) is 11.4 Å². The Balaban J connectivity index is 0.000000973. The molecule has 58 heavy (non-hydrogen) atoms. The van der Waals surface area contributed by atoms with Gasteiger partial charge in [-0.25, -0.2) is 14.3 Å². The highest BCUT2D eigenvalue weighted by Gasteiger charge is 2.38. The Labute approximate surface area is 331 Å². The van der Waals surface area contributed by atoms with Gasteiger partial charge >= 0.3 is 18.2 Å². The first-order valence-electron chi connectivity index (χ1n) is 17.8. The maximum atomic E-state index is 13.9. The molecule has 0 fully saturated rings. The van der Waals surface area contributed by atoms with Crippen molar-refractivity contribution in [2.45, 2.75) is 44.1 Å². The van der Waals surface area contributed by atoms with Crippen LogP contribution in [0.1, 0.15) is 41.1 Å². The third-order valence-electron chi connectivity index (χ3n) is 8.28. The number of guanidine groups is 1. The first-order chi connectivity index (χ1) is 27.7. The van der Waals surface area contributed by atoms with Gasteiger partial charge in [-0.1, -0.05) is 96.2 Å². The number of hydrogen-bond donors (Lipinski definition) is 6. The first-order valence-corrected chi connectivity index (χ1v) is 17.8. The average molecular weight is 802 g/mol. The van der Waals surface area contributed by atoms with E-state index >= 15 is 0 Å². The zero-order valence-electron chi connectivity index (χ0n) is 31.2. The second-order valence-corrected chi connectivity index (χ2v) is 12.7. The van der Waals surface area contributed by atoms with E-state index in [1.54, 1.807) is 42.2 Å². The number of rotatable bonds is 14. The van der Waals surface area contributed by atoms with Crippen LogP contribution >= 0.6 is 0 Å². The molecule has 4 aromatic carbocycles. The van der Waals surface area contributed by atoms with Crippen LogP contribution in [0.5, 0.6) is 5.75 Å². The van der Waals surface area contributed by atoms with Gasteiger partial charge in [0.1, 0.15) is 17.5 Å². The number of nitrogens with zero attached hydrogens (tertiary/aromatic N) is 5. The fourth-order valence-electron chi connectivity index (χ4n) is 5.37. The number of amides is 4. The molecule has 0 aliphatic heterocycles. The minimum atomic E-state index is -5.08. The molecule has 0 radical (unpaired) electrons. The maximum Gasteiger partial charge on any atom is 0.490 e. The molecule has 0 aliphatic rings. The van der Waals surface area contributed by atoms with Gasteiger partial charge in [0.05, 0.1) is 24.3 Å². The standard InChI is InChI=1S/C38H41N9O4.C2HF3O2/c1-46(25-30-26-47(45-44-30)31-16-9-4-10-17-31)38(51)43-37(39)40-23-11-18-33(35(49)41-24-27-19-21-32(48)22-20-27)42-36(50)34(28-12-5-2-6-13-28)29-14-7-3-8-15-29;3-2(4,5)1(6)7/h2-10,12-17,19-22,26,33-34,48H,11,18,23-25H2,1H3,(H,41,49)(H,42,50)(H3,39,40,43,51);(H,6,7)/t33-;/m1./s1. The monoisotopic (exact) mass is 801 g/mol. The van der Waals surface area contributed by atoms with Gasteiger partial charge in [0.15, 0.2) is 5.96 Å². The lowest BCUT2D eigenvalue weighted by molar-refractivity contribution is -0.192. The first kappa shape index (κ1) is 43.5. The van der Waals surface area contributed by atoms with E-state index in [0.717, 1.165) is 22.4 Å². The van der Waals surface area contributed by atoms with E-state index in [9.17, 15) is 32.7 Å². The summed E-state index contributed by atoms with van der Waals surface area (Å²) >= 11 is 0. The minimum absolute atomic E-state index is 0.0784. The van der Waals surface area contributed by atoms with Crippen LogP contribution in [0.15, 0.2) is 126 Å². The van der Waals surface area contributed by atoms with E-state index in [1.165, 1.54) is 4.90 Å². The zero-order valence-corrected chi connectivity index (χ0v) is 31.2. The third-order valence-corrected chi connectivity index (χ3v) is 8.28. The number of carbonyl (C=O) groups is 4. The van der Waals surface area contributed by atoms with E-state index in [0.29, 0.717) is 12.1 Å². The summed E-state index contributed by atoms with van der Waals surface area (Å²) in [6.45, 7) is 0.596. The molecule has 0 unspecified atom stereocenters. The molecule has 1 heterocycles. The van der Waals surface area contributed by atoms with Gasteiger partial charge in [0, 0.05) is 20.1 Å². The largest absolute Gasteiger partial charge is 0.508 e. The smallest absolute Gasteiger partial charge is 0.490 e. The molecule has 0 spiro atoms. The summed E-state index contributed by atoms with van der Waals surface area (Å²) in [5.41, 5.74) is 9.84. The molecule has 0 bridgehead atoms. The van der Waals surface area contributed by atoms with Crippen molar-refractivity contribution in [3.63, 3.8) is 0 Å². The van der Waals surface area contributed by atoms with Crippen LogP contribution in [-0.2, 0) is 27.5 Å². The molecular formula is C40H42F3N9O6. The van der Waals surface area contributed by atoms with Crippen LogP contribution in [0.2, 0.25) is 0 Å². The summed E-state index contributed by atoms with van der Waals surface area (Å²) < 4.78 is 33.4. The molecule has 15 nitrogen and oxygen atoms in total. The number of para-hydroxylation sites is 1. The fraction of sp³-hybridized carbons (Fsp3) is 0.225. The minimum Gasteiger partial charge on any atom is -0.508 e. The number of urea groups is 1. The van der Waals surface area contributed by atoms with Gasteiger partial charge in [0.25, 0.3) is 0 Å². The molecule has 304 valence electrons. The van der Waals surface area contributed by atoms with Crippen molar-refractivity contribution in [2.24, 2.45) is 10.7 Å². The van der Waals surface area contributed by atoms with Crippen molar-refractivity contribution in [1.82, 2.24) is 35.8 Å². The number of carbonyl (C=O) groups excluding carboxylic acids is 3. The SMILES string of the molecule is CN(Cc1cn(-c2ccccc2)nn1)C(=O)NC(N)=NCCC[C@@H](NC(=O)C(c1ccccc1)c1ccccc1)C(=O)NCc1ccc(O)cc1.O=C(O)C(F)(F)F. The van der Waals surface area contributed by atoms with E-state index in [-0.39, 0.29) is 49.6 Å². The highest BCUT2D eigenvalue weighted by molar-refractivity contribution is 5.95. The van der Waals surface area contributed by atoms with Crippen molar-refractivity contribution >= 4 is 29.8 Å². The lowest BCUT2D eigenvalue weighted by Crippen LogP contribution is -2.48. The Morgan fingerprint density at radius 2 is 1.41 bits per heavy atom. The lowest BCUT2D eigenvalue weighted by Gasteiger charge is -2.23. The number of benzene rings is 4. The number of aliphatic carboxylic acids is 1. The van der Waals surface area contributed by atoms with Gasteiger partial charge < -0.3 is 31.5 Å². The predicted molar refractivity (Wildman–Crippen MR) is 207 cm³/mol. The highest BCUT2D eigenvalue weighted by Crippen LogP contribution is 2.25. The van der Waals surface area contributed by atoms with Crippen LogP contribution in [0.25, 0.3) is 5.69 Å². The molecule has 4 amide bonds. The number of aromatic hydroxyl groups is 1. The molecule has 5 aromatic rings. The van der Waals surface area contributed by atoms with Crippen molar-refractivity contribution in [3.05, 3.63) is 144 Å². The van der Waals surface area contributed by atoms with Crippen molar-refractivity contribution in [1.29, 1.82) is 0 Å². The van der Waals surface area contributed by atoms with Gasteiger partial charge in [-0.2, -0.15) is 13.2 Å². The summed E-state index contributed by atoms with van der Waals surface area (Å²) in [4.78, 5) is 54.7. The second kappa shape index (κ2) is 21.2. The quantitative estimate of drug-likeness (QED) is 0.0530. The zero-order chi connectivity index (χ0) is 42.1. The van der Waals surface area contributed by atoms with E-state index in [4.69, 9.17) is 15.6 Å². The number of phenols is 1. The number of phenolic OH excluding ortho intramolecular Hbond substituents is 1. The number of carboxylic acid groups (broad SMARTS) is 1. The molecular weight excluding hydrogens is 759 g/mol. The Morgan fingerprint density at radius 1 is 0.862 bits per heavy atom. The Hall–Kier alpha value is -7.24. The van der Waals surface area contributed by atoms with Crippen molar-refractivity contribution < 1.29 is 42.6 Å².